The number of para-hydroxylation sites is 1. The van der Waals surface area contributed by atoms with E-state index in [4.69, 9.17) is 9.47 Å². The monoisotopic (exact) mass is 536 g/mol. The van der Waals surface area contributed by atoms with Crippen LogP contribution in [-0.2, 0) is 11.3 Å². The predicted octanol–water partition coefficient (Wildman–Crippen LogP) is 3.92. The van der Waals surface area contributed by atoms with Gasteiger partial charge in [0.2, 0.25) is 5.91 Å². The van der Waals surface area contributed by atoms with E-state index in [9.17, 15) is 15.0 Å². The van der Waals surface area contributed by atoms with E-state index in [1.54, 1.807) is 55.9 Å². The number of imidazole rings is 1. The number of amides is 1. The first-order valence-corrected chi connectivity index (χ1v) is 11.8. The summed E-state index contributed by atoms with van der Waals surface area (Å²) in [5.74, 6) is 0.978. The van der Waals surface area contributed by atoms with Gasteiger partial charge in [-0.3, -0.25) is 4.79 Å². The summed E-state index contributed by atoms with van der Waals surface area (Å²) in [4.78, 5) is 24.1. The Balaban J connectivity index is 0.00000336. The van der Waals surface area contributed by atoms with E-state index >= 15 is 0 Å². The van der Waals surface area contributed by atoms with Crippen LogP contribution in [0.5, 0.6) is 11.5 Å². The Bertz CT molecular complexity index is 1360. The molecule has 3 aromatic carbocycles. The van der Waals surface area contributed by atoms with Crippen LogP contribution in [0.1, 0.15) is 17.2 Å². The van der Waals surface area contributed by atoms with Gasteiger partial charge in [-0.15, -0.1) is 12.4 Å². The van der Waals surface area contributed by atoms with Crippen LogP contribution in [0.25, 0.3) is 11.3 Å². The van der Waals surface area contributed by atoms with Crippen molar-refractivity contribution in [2.45, 2.75) is 18.9 Å². The largest absolute Gasteiger partial charge is 0.497 e. The normalized spacial score (nSPS) is 15.9. The van der Waals surface area contributed by atoms with Gasteiger partial charge in [-0.25, -0.2) is 4.98 Å². The molecule has 2 unspecified atom stereocenters. The highest BCUT2D eigenvalue weighted by molar-refractivity contribution is 5.97. The molecular weight excluding hydrogens is 508 g/mol. The second-order valence-electron chi connectivity index (χ2n) is 8.76. The van der Waals surface area contributed by atoms with Crippen molar-refractivity contribution in [2.75, 3.05) is 30.6 Å². The van der Waals surface area contributed by atoms with E-state index in [0.717, 1.165) is 16.8 Å². The Labute approximate surface area is 226 Å². The Morgan fingerprint density at radius 2 is 1.71 bits per heavy atom. The number of aliphatic hydroxyl groups excluding tert-OH is 2. The number of aromatic amines is 1. The minimum absolute atomic E-state index is 0. The number of benzene rings is 3. The number of nitrogens with one attached hydrogen (secondary N) is 1. The van der Waals surface area contributed by atoms with Crippen LogP contribution in [0, 0.1) is 0 Å². The molecule has 9 nitrogen and oxygen atoms in total. The first-order chi connectivity index (χ1) is 18.0. The molecule has 0 saturated heterocycles. The molecule has 2 atom stereocenters. The van der Waals surface area contributed by atoms with Crippen LogP contribution in [0.2, 0.25) is 0 Å². The van der Waals surface area contributed by atoms with Gasteiger partial charge in [0.05, 0.1) is 39.0 Å². The van der Waals surface area contributed by atoms with Crippen LogP contribution < -0.4 is 19.3 Å². The zero-order valence-corrected chi connectivity index (χ0v) is 21.8. The summed E-state index contributed by atoms with van der Waals surface area (Å²) in [5, 5.41) is 21.2. The summed E-state index contributed by atoms with van der Waals surface area (Å²) in [6.07, 6.45) is 1.04. The van der Waals surface area contributed by atoms with Gasteiger partial charge in [-0.05, 0) is 41.5 Å². The van der Waals surface area contributed by atoms with Crippen molar-refractivity contribution >= 4 is 29.7 Å². The van der Waals surface area contributed by atoms with Crippen molar-refractivity contribution in [1.82, 2.24) is 9.97 Å². The van der Waals surface area contributed by atoms with Crippen LogP contribution in [0.4, 0.5) is 11.4 Å². The molecule has 0 saturated carbocycles. The van der Waals surface area contributed by atoms with E-state index in [1.165, 1.54) is 4.90 Å². The SMILES string of the molecule is COc1cc(CN(C(=O)CN2c3ccccc3C(O)C2O)c2ccc(-c3cnc[nH]3)cc2)cc(OC)c1.Cl. The predicted molar refractivity (Wildman–Crippen MR) is 147 cm³/mol. The topological polar surface area (TPSA) is 111 Å². The van der Waals surface area contributed by atoms with Crippen molar-refractivity contribution in [3.63, 3.8) is 0 Å². The summed E-state index contributed by atoms with van der Waals surface area (Å²) >= 11 is 0. The third-order valence-electron chi connectivity index (χ3n) is 6.51. The summed E-state index contributed by atoms with van der Waals surface area (Å²) in [5.41, 5.74) is 4.52. The standard InChI is InChI=1S/C28H28N4O5.ClH/c1-36-21-11-18(12-22(13-21)37-2)15-31(20-9-7-19(8-10-20)24-14-29-17-30-24)26(33)16-32-25-6-4-3-5-23(25)27(34)28(32)35;/h3-14,17,27-28,34-35H,15-16H2,1-2H3,(H,29,30);1H. The number of hydrogen-bond donors (Lipinski definition) is 3. The van der Waals surface area contributed by atoms with Crippen molar-refractivity contribution in [1.29, 1.82) is 0 Å². The number of aliphatic hydroxyl groups is 2. The number of carbonyl (C=O) groups excluding carboxylic acids is 1. The van der Waals surface area contributed by atoms with Crippen molar-refractivity contribution in [3.05, 3.63) is 90.4 Å². The number of halogens is 1. The summed E-state index contributed by atoms with van der Waals surface area (Å²) in [7, 11) is 3.15. The lowest BCUT2D eigenvalue weighted by molar-refractivity contribution is -0.118. The Hall–Kier alpha value is -4.05. The second-order valence-corrected chi connectivity index (χ2v) is 8.76. The molecule has 0 bridgehead atoms. The zero-order valence-electron chi connectivity index (χ0n) is 20.9. The van der Waals surface area contributed by atoms with Gasteiger partial charge in [-0.1, -0.05) is 30.3 Å². The number of rotatable bonds is 8. The van der Waals surface area contributed by atoms with Gasteiger partial charge in [-0.2, -0.15) is 0 Å². The zero-order chi connectivity index (χ0) is 25.9. The molecule has 0 aliphatic carbocycles. The van der Waals surface area contributed by atoms with E-state index in [-0.39, 0.29) is 31.4 Å². The molecule has 4 aromatic rings. The molecule has 3 N–H and O–H groups in total. The van der Waals surface area contributed by atoms with Gasteiger partial charge in [0.1, 0.15) is 24.1 Å². The maximum Gasteiger partial charge on any atom is 0.246 e. The molecule has 1 amide bonds. The van der Waals surface area contributed by atoms with E-state index in [1.807, 2.05) is 42.5 Å². The maximum absolute atomic E-state index is 13.8. The molecule has 0 fully saturated rings. The van der Waals surface area contributed by atoms with E-state index in [0.29, 0.717) is 28.4 Å². The molecule has 38 heavy (non-hydrogen) atoms. The molecule has 1 aliphatic heterocycles. The van der Waals surface area contributed by atoms with Gasteiger partial charge in [0.15, 0.2) is 6.23 Å². The number of carbonyl (C=O) groups is 1. The molecule has 0 radical (unpaired) electrons. The Kier molecular flexibility index (Phi) is 8.21. The number of H-pyrrole nitrogens is 1. The highest BCUT2D eigenvalue weighted by Crippen LogP contribution is 2.38. The number of aromatic nitrogens is 2. The van der Waals surface area contributed by atoms with E-state index < -0.39 is 12.3 Å². The first-order valence-electron chi connectivity index (χ1n) is 11.8. The summed E-state index contributed by atoms with van der Waals surface area (Å²) in [6, 6.07) is 20.2. The van der Waals surface area contributed by atoms with Crippen LogP contribution in [-0.4, -0.2) is 53.1 Å². The molecule has 5 rings (SSSR count). The summed E-state index contributed by atoms with van der Waals surface area (Å²) in [6.45, 7) is 0.114. The van der Waals surface area contributed by atoms with Gasteiger partial charge in [0, 0.05) is 23.0 Å². The number of fused-ring (bicyclic) bond motifs is 1. The van der Waals surface area contributed by atoms with Gasteiger partial charge in [0.25, 0.3) is 0 Å². The van der Waals surface area contributed by atoms with Crippen molar-refractivity contribution < 1.29 is 24.5 Å². The quantitative estimate of drug-likeness (QED) is 0.313. The number of hydrogen-bond acceptors (Lipinski definition) is 7. The molecule has 1 aliphatic rings. The van der Waals surface area contributed by atoms with Crippen molar-refractivity contribution in [2.24, 2.45) is 0 Å². The highest BCUT2D eigenvalue weighted by Gasteiger charge is 2.37. The van der Waals surface area contributed by atoms with Crippen LogP contribution in [0.3, 0.4) is 0 Å². The number of methoxy groups -OCH3 is 2. The smallest absolute Gasteiger partial charge is 0.246 e. The minimum atomic E-state index is -1.22. The van der Waals surface area contributed by atoms with Crippen molar-refractivity contribution in [3.8, 4) is 22.8 Å². The molecule has 198 valence electrons. The maximum atomic E-state index is 13.8. The van der Waals surface area contributed by atoms with Gasteiger partial charge >= 0.3 is 0 Å². The lowest BCUT2D eigenvalue weighted by Gasteiger charge is -2.29. The fourth-order valence-electron chi connectivity index (χ4n) is 4.58. The highest BCUT2D eigenvalue weighted by atomic mass is 35.5. The minimum Gasteiger partial charge on any atom is -0.497 e. The fraction of sp³-hybridized carbons (Fsp3) is 0.214. The lowest BCUT2D eigenvalue weighted by atomic mass is 10.1. The average molecular weight is 537 g/mol. The van der Waals surface area contributed by atoms with Gasteiger partial charge < -0.3 is 34.5 Å². The Morgan fingerprint density at radius 1 is 1.03 bits per heavy atom. The summed E-state index contributed by atoms with van der Waals surface area (Å²) < 4.78 is 10.8. The molecular formula is C28H29ClN4O5. The van der Waals surface area contributed by atoms with E-state index in [2.05, 4.69) is 9.97 Å². The molecule has 1 aromatic heterocycles. The Morgan fingerprint density at radius 3 is 2.34 bits per heavy atom. The number of nitrogens with zero attached hydrogens (tertiary/aromatic N) is 3. The third-order valence-corrected chi connectivity index (χ3v) is 6.51. The third kappa shape index (κ3) is 5.31. The second kappa shape index (κ2) is 11.6. The lowest BCUT2D eigenvalue weighted by Crippen LogP contribution is -2.44. The number of ether oxygens (including phenoxy) is 2. The first kappa shape index (κ1) is 27.0. The molecule has 0 spiro atoms. The fourth-order valence-corrected chi connectivity index (χ4v) is 4.58. The molecule has 2 heterocycles. The van der Waals surface area contributed by atoms with Crippen LogP contribution in [0.15, 0.2) is 79.3 Å². The van der Waals surface area contributed by atoms with Crippen LogP contribution >= 0.6 is 12.4 Å². The average Bonchev–Trinajstić information content (AvgIpc) is 3.56. The molecule has 10 heteroatoms. The number of anilines is 2.